The molecule has 1 fully saturated rings. The van der Waals surface area contributed by atoms with Crippen molar-refractivity contribution in [2.24, 2.45) is 0 Å². The van der Waals surface area contributed by atoms with Crippen LogP contribution in [0.5, 0.6) is 0 Å². The predicted octanol–water partition coefficient (Wildman–Crippen LogP) is 2.69. The summed E-state index contributed by atoms with van der Waals surface area (Å²) in [5, 5.41) is 5.67. The van der Waals surface area contributed by atoms with E-state index in [4.69, 9.17) is 0 Å². The van der Waals surface area contributed by atoms with Crippen molar-refractivity contribution in [3.8, 4) is 0 Å². The lowest BCUT2D eigenvalue weighted by molar-refractivity contribution is 0.323. The first kappa shape index (κ1) is 11.6. The molecule has 0 aromatic carbocycles. The Labute approximate surface area is 104 Å². The summed E-state index contributed by atoms with van der Waals surface area (Å²) in [5.41, 5.74) is 0. The van der Waals surface area contributed by atoms with Gasteiger partial charge in [0.15, 0.2) is 0 Å². The number of nitrogens with zero attached hydrogens (tertiary/aromatic N) is 1. The lowest BCUT2D eigenvalue weighted by atomic mass is 10.3. The first-order valence-corrected chi connectivity index (χ1v) is 7.14. The number of hydrogen-bond donors (Lipinski definition) is 1. The zero-order valence-corrected chi connectivity index (χ0v) is 11.4. The minimum Gasteiger partial charge on any atom is -0.313 e. The second-order valence-corrected chi connectivity index (χ2v) is 5.83. The number of rotatable bonds is 4. The van der Waals surface area contributed by atoms with Gasteiger partial charge in [0.1, 0.15) is 0 Å². The van der Waals surface area contributed by atoms with Crippen LogP contribution in [0.4, 0.5) is 0 Å². The van der Waals surface area contributed by atoms with E-state index in [-0.39, 0.29) is 0 Å². The van der Waals surface area contributed by atoms with Gasteiger partial charge in [-0.2, -0.15) is 0 Å². The zero-order chi connectivity index (χ0) is 10.7. The Hall–Kier alpha value is 0.100. The molecule has 0 aliphatic carbocycles. The molecule has 1 aromatic rings. The number of likely N-dealkylation sites (tertiary alicyclic amines) is 1. The van der Waals surface area contributed by atoms with Crippen molar-refractivity contribution in [3.05, 3.63) is 20.8 Å². The Morgan fingerprint density at radius 1 is 1.67 bits per heavy atom. The van der Waals surface area contributed by atoms with Crippen LogP contribution in [0.25, 0.3) is 0 Å². The molecule has 0 spiro atoms. The van der Waals surface area contributed by atoms with Gasteiger partial charge >= 0.3 is 0 Å². The highest BCUT2D eigenvalue weighted by molar-refractivity contribution is 9.10. The molecule has 0 amide bonds. The van der Waals surface area contributed by atoms with Crippen molar-refractivity contribution in [1.29, 1.82) is 0 Å². The average Bonchev–Trinajstić information content (AvgIpc) is 2.79. The van der Waals surface area contributed by atoms with Crippen LogP contribution in [0.15, 0.2) is 15.9 Å². The largest absolute Gasteiger partial charge is 0.313 e. The Balaban J connectivity index is 1.85. The normalized spacial score (nSPS) is 22.4. The molecule has 0 saturated carbocycles. The van der Waals surface area contributed by atoms with Gasteiger partial charge in [-0.05, 0) is 40.3 Å². The molecule has 1 unspecified atom stereocenters. The molecule has 0 bridgehead atoms. The highest BCUT2D eigenvalue weighted by atomic mass is 79.9. The van der Waals surface area contributed by atoms with Crippen LogP contribution in [-0.2, 0) is 6.54 Å². The van der Waals surface area contributed by atoms with Crippen LogP contribution in [0.1, 0.15) is 18.2 Å². The summed E-state index contributed by atoms with van der Waals surface area (Å²) in [5.74, 6) is 0. The molecule has 2 heterocycles. The van der Waals surface area contributed by atoms with Gasteiger partial charge in [0.2, 0.25) is 0 Å². The summed E-state index contributed by atoms with van der Waals surface area (Å²) in [6, 6.07) is 2.84. The average molecular weight is 289 g/mol. The second kappa shape index (κ2) is 5.43. The Morgan fingerprint density at radius 3 is 3.20 bits per heavy atom. The Morgan fingerprint density at radius 2 is 2.53 bits per heavy atom. The molecular weight excluding hydrogens is 272 g/mol. The topological polar surface area (TPSA) is 15.3 Å². The fraction of sp³-hybridized carbons (Fsp3) is 0.636. The second-order valence-electron chi connectivity index (χ2n) is 3.97. The zero-order valence-electron chi connectivity index (χ0n) is 9.00. The Bertz CT molecular complexity index is 313. The maximum absolute atomic E-state index is 3.59. The fourth-order valence-corrected chi connectivity index (χ4v) is 3.59. The molecule has 1 aliphatic rings. The third-order valence-corrected chi connectivity index (χ3v) is 4.73. The van der Waals surface area contributed by atoms with Crippen LogP contribution in [0, 0.1) is 0 Å². The standard InChI is InChI=1S/C11H17BrN2S/c1-2-13-9-3-5-14(7-9)8-11-10(12)4-6-15-11/h4,6,9,13H,2-3,5,7-8H2,1H3. The molecule has 15 heavy (non-hydrogen) atoms. The summed E-state index contributed by atoms with van der Waals surface area (Å²) < 4.78 is 1.26. The number of nitrogens with one attached hydrogen (secondary N) is 1. The molecule has 4 heteroatoms. The Kier molecular flexibility index (Phi) is 4.20. The van der Waals surface area contributed by atoms with E-state index in [1.165, 1.54) is 28.9 Å². The van der Waals surface area contributed by atoms with E-state index in [1.54, 1.807) is 0 Å². The van der Waals surface area contributed by atoms with Gasteiger partial charge in [-0.25, -0.2) is 0 Å². The predicted molar refractivity (Wildman–Crippen MR) is 69.4 cm³/mol. The molecule has 1 aromatic heterocycles. The number of halogens is 1. The lowest BCUT2D eigenvalue weighted by Crippen LogP contribution is -2.31. The van der Waals surface area contributed by atoms with E-state index in [0.29, 0.717) is 6.04 Å². The number of hydrogen-bond acceptors (Lipinski definition) is 3. The van der Waals surface area contributed by atoms with Gasteiger partial charge < -0.3 is 5.32 Å². The van der Waals surface area contributed by atoms with Gasteiger partial charge in [-0.3, -0.25) is 4.90 Å². The SMILES string of the molecule is CCNC1CCN(Cc2sccc2Br)C1. The van der Waals surface area contributed by atoms with Gasteiger partial charge in [-0.15, -0.1) is 11.3 Å². The van der Waals surface area contributed by atoms with E-state index in [2.05, 4.69) is 44.5 Å². The van der Waals surface area contributed by atoms with E-state index in [1.807, 2.05) is 11.3 Å². The molecule has 2 nitrogen and oxygen atoms in total. The van der Waals surface area contributed by atoms with Gasteiger partial charge in [-0.1, -0.05) is 6.92 Å². The highest BCUT2D eigenvalue weighted by Crippen LogP contribution is 2.25. The number of thiophene rings is 1. The molecule has 2 rings (SSSR count). The minimum absolute atomic E-state index is 0.703. The van der Waals surface area contributed by atoms with Gasteiger partial charge in [0.25, 0.3) is 0 Å². The van der Waals surface area contributed by atoms with Gasteiger partial charge in [0, 0.05) is 35.0 Å². The smallest absolute Gasteiger partial charge is 0.0339 e. The third-order valence-electron chi connectivity index (χ3n) is 2.82. The summed E-state index contributed by atoms with van der Waals surface area (Å²) in [6.07, 6.45) is 1.29. The first-order valence-electron chi connectivity index (χ1n) is 5.47. The summed E-state index contributed by atoms with van der Waals surface area (Å²) in [4.78, 5) is 3.98. The third kappa shape index (κ3) is 3.03. The molecule has 0 radical (unpaired) electrons. The quantitative estimate of drug-likeness (QED) is 0.917. The van der Waals surface area contributed by atoms with E-state index in [9.17, 15) is 0 Å². The maximum Gasteiger partial charge on any atom is 0.0339 e. The van der Waals surface area contributed by atoms with Crippen molar-refractivity contribution in [1.82, 2.24) is 10.2 Å². The van der Waals surface area contributed by atoms with Gasteiger partial charge in [0.05, 0.1) is 0 Å². The van der Waals surface area contributed by atoms with E-state index in [0.717, 1.165) is 13.1 Å². The summed E-state index contributed by atoms with van der Waals surface area (Å²) >= 11 is 5.43. The van der Waals surface area contributed by atoms with Crippen LogP contribution >= 0.6 is 27.3 Å². The summed E-state index contributed by atoms with van der Waals surface area (Å²) in [7, 11) is 0. The van der Waals surface area contributed by atoms with E-state index >= 15 is 0 Å². The molecule has 1 N–H and O–H groups in total. The van der Waals surface area contributed by atoms with Crippen molar-refractivity contribution in [2.45, 2.75) is 25.9 Å². The van der Waals surface area contributed by atoms with Crippen LogP contribution in [-0.4, -0.2) is 30.6 Å². The monoisotopic (exact) mass is 288 g/mol. The van der Waals surface area contributed by atoms with Crippen LogP contribution < -0.4 is 5.32 Å². The first-order chi connectivity index (χ1) is 7.29. The van der Waals surface area contributed by atoms with Crippen molar-refractivity contribution in [2.75, 3.05) is 19.6 Å². The van der Waals surface area contributed by atoms with E-state index < -0.39 is 0 Å². The fourth-order valence-electron chi connectivity index (χ4n) is 2.07. The van der Waals surface area contributed by atoms with Crippen molar-refractivity contribution < 1.29 is 0 Å². The van der Waals surface area contributed by atoms with Crippen molar-refractivity contribution in [3.63, 3.8) is 0 Å². The van der Waals surface area contributed by atoms with Crippen LogP contribution in [0.2, 0.25) is 0 Å². The highest BCUT2D eigenvalue weighted by Gasteiger charge is 2.22. The maximum atomic E-state index is 3.59. The molecular formula is C11H17BrN2S. The molecule has 84 valence electrons. The molecule has 1 aliphatic heterocycles. The van der Waals surface area contributed by atoms with Crippen LogP contribution in [0.3, 0.4) is 0 Å². The van der Waals surface area contributed by atoms with Crippen molar-refractivity contribution >= 4 is 27.3 Å². The summed E-state index contributed by atoms with van der Waals surface area (Å²) in [6.45, 7) is 6.78. The lowest BCUT2D eigenvalue weighted by Gasteiger charge is -2.15. The minimum atomic E-state index is 0.703. The molecule has 1 atom stereocenters. The number of likely N-dealkylation sites (N-methyl/N-ethyl adjacent to an activating group) is 1. The molecule has 1 saturated heterocycles.